The summed E-state index contributed by atoms with van der Waals surface area (Å²) < 4.78 is 37.8. The Labute approximate surface area is 91.8 Å². The van der Waals surface area contributed by atoms with Gasteiger partial charge in [0.2, 0.25) is 0 Å². The zero-order valence-corrected chi connectivity index (χ0v) is 8.30. The molecule has 0 atom stereocenters. The molecule has 8 heteroatoms. The minimum atomic E-state index is -4.50. The molecule has 0 radical (unpaired) electrons. The van der Waals surface area contributed by atoms with E-state index in [1.165, 1.54) is 0 Å². The molecule has 0 spiro atoms. The van der Waals surface area contributed by atoms with Crippen molar-refractivity contribution < 1.29 is 13.2 Å². The summed E-state index contributed by atoms with van der Waals surface area (Å²) in [6.07, 6.45) is -4.50. The van der Waals surface area contributed by atoms with E-state index in [9.17, 15) is 18.0 Å². The number of nitrogens with two attached hydrogens (primary N) is 1. The van der Waals surface area contributed by atoms with Gasteiger partial charge in [0.15, 0.2) is 5.49 Å². The van der Waals surface area contributed by atoms with Crippen LogP contribution < -0.4 is 17.0 Å². The first-order chi connectivity index (χ1) is 7.80. The van der Waals surface area contributed by atoms with Gasteiger partial charge in [0.05, 0.1) is 11.1 Å². The Balaban J connectivity index is 2.88. The monoisotopic (exact) mass is 244 g/mol. The number of nitrogens with one attached hydrogen (secondary N) is 2. The van der Waals surface area contributed by atoms with Gasteiger partial charge in [-0.2, -0.15) is 17.8 Å². The van der Waals surface area contributed by atoms with Gasteiger partial charge in [0.1, 0.15) is 0 Å². The van der Waals surface area contributed by atoms with E-state index < -0.39 is 22.9 Å². The number of nitrogen functional groups attached to an aromatic ring is 1. The first-order valence-corrected chi connectivity index (χ1v) is 4.46. The molecule has 0 bridgehead atoms. The van der Waals surface area contributed by atoms with Crippen LogP contribution in [0, 0.1) is 5.41 Å². The second-order valence-electron chi connectivity index (χ2n) is 3.41. The topological polar surface area (TPSA) is 87.7 Å². The molecule has 0 aliphatic heterocycles. The molecule has 0 aliphatic rings. The van der Waals surface area contributed by atoms with E-state index >= 15 is 0 Å². The van der Waals surface area contributed by atoms with Gasteiger partial charge in [-0.1, -0.05) is 0 Å². The number of rotatable bonds is 0. The molecule has 0 aliphatic carbocycles. The molecule has 2 aromatic rings. The highest BCUT2D eigenvalue weighted by Gasteiger charge is 2.30. The number of nitrogens with zero attached hydrogens (tertiary/aromatic N) is 1. The predicted molar refractivity (Wildman–Crippen MR) is 53.6 cm³/mol. The normalized spacial score (nSPS) is 11.9. The first kappa shape index (κ1) is 11.2. The summed E-state index contributed by atoms with van der Waals surface area (Å²) in [6, 6.07) is 2.70. The number of alkyl halides is 3. The number of hydrogen-bond donors (Lipinski definition) is 3. The highest BCUT2D eigenvalue weighted by Crippen LogP contribution is 2.30. The van der Waals surface area contributed by atoms with E-state index in [1.807, 2.05) is 0 Å². The van der Waals surface area contributed by atoms with Gasteiger partial charge in [0, 0.05) is 5.39 Å². The lowest BCUT2D eigenvalue weighted by atomic mass is 10.1. The van der Waals surface area contributed by atoms with E-state index in [2.05, 4.69) is 4.98 Å². The van der Waals surface area contributed by atoms with E-state index in [0.717, 1.165) is 18.2 Å². The highest BCUT2D eigenvalue weighted by molar-refractivity contribution is 5.77. The van der Waals surface area contributed by atoms with Crippen molar-refractivity contribution in [3.63, 3.8) is 0 Å². The quantitative estimate of drug-likeness (QED) is 0.590. The lowest BCUT2D eigenvalue weighted by molar-refractivity contribution is -0.137. The minimum Gasteiger partial charge on any atom is -0.333 e. The highest BCUT2D eigenvalue weighted by atomic mass is 19.4. The average Bonchev–Trinajstić information content (AvgIpc) is 2.24. The molecule has 1 aromatic carbocycles. The van der Waals surface area contributed by atoms with Crippen LogP contribution in [0.1, 0.15) is 5.56 Å². The van der Waals surface area contributed by atoms with Crippen LogP contribution in [0.4, 0.5) is 13.2 Å². The van der Waals surface area contributed by atoms with Gasteiger partial charge in [-0.3, -0.25) is 5.41 Å². The second kappa shape index (κ2) is 3.37. The molecule has 1 heterocycles. The maximum absolute atomic E-state index is 12.5. The molecular weight excluding hydrogens is 237 g/mol. The van der Waals surface area contributed by atoms with Crippen molar-refractivity contribution in [2.24, 2.45) is 0 Å². The SMILES string of the molecule is N=c1c2cc(C(F)(F)F)ccc2[nH]c(=O)n1N. The van der Waals surface area contributed by atoms with Crippen LogP contribution in [0.2, 0.25) is 0 Å². The summed E-state index contributed by atoms with van der Waals surface area (Å²) >= 11 is 0. The molecule has 90 valence electrons. The number of H-pyrrole nitrogens is 1. The van der Waals surface area contributed by atoms with Crippen LogP contribution in [0.25, 0.3) is 10.9 Å². The van der Waals surface area contributed by atoms with Gasteiger partial charge < -0.3 is 10.8 Å². The van der Waals surface area contributed by atoms with Crippen LogP contribution in [0.5, 0.6) is 0 Å². The largest absolute Gasteiger partial charge is 0.416 e. The smallest absolute Gasteiger partial charge is 0.333 e. The van der Waals surface area contributed by atoms with Gasteiger partial charge in [-0.15, -0.1) is 0 Å². The zero-order valence-electron chi connectivity index (χ0n) is 8.30. The molecule has 4 N–H and O–H groups in total. The predicted octanol–water partition coefficient (Wildman–Crippen LogP) is 0.542. The Morgan fingerprint density at radius 2 is 2.00 bits per heavy atom. The van der Waals surface area contributed by atoms with E-state index in [-0.39, 0.29) is 10.9 Å². The maximum Gasteiger partial charge on any atom is 0.416 e. The third-order valence-electron chi connectivity index (χ3n) is 2.30. The third-order valence-corrected chi connectivity index (χ3v) is 2.30. The molecule has 0 amide bonds. The standard InChI is InChI=1S/C9H7F3N4O/c10-9(11,12)4-1-2-6-5(3-4)7(13)16(14)8(17)15-6/h1-3,13H,14H2,(H,15,17). The van der Waals surface area contributed by atoms with Crippen molar-refractivity contribution in [3.8, 4) is 0 Å². The number of benzene rings is 1. The number of hydrogen-bond acceptors (Lipinski definition) is 3. The molecule has 2 rings (SSSR count). The summed E-state index contributed by atoms with van der Waals surface area (Å²) in [4.78, 5) is 13.4. The Morgan fingerprint density at radius 1 is 1.35 bits per heavy atom. The van der Waals surface area contributed by atoms with Gasteiger partial charge in [-0.25, -0.2) is 4.79 Å². The molecule has 0 fully saturated rings. The van der Waals surface area contributed by atoms with Crippen molar-refractivity contribution in [3.05, 3.63) is 39.7 Å². The zero-order chi connectivity index (χ0) is 12.8. The van der Waals surface area contributed by atoms with E-state index in [1.54, 1.807) is 0 Å². The van der Waals surface area contributed by atoms with Crippen molar-refractivity contribution >= 4 is 10.9 Å². The van der Waals surface area contributed by atoms with Gasteiger partial charge in [0.25, 0.3) is 0 Å². The Hall–Kier alpha value is -2.25. The molecule has 17 heavy (non-hydrogen) atoms. The Kier molecular flexibility index (Phi) is 2.23. The Morgan fingerprint density at radius 3 is 2.59 bits per heavy atom. The van der Waals surface area contributed by atoms with Crippen molar-refractivity contribution in [1.82, 2.24) is 9.66 Å². The Bertz CT molecular complexity index is 698. The van der Waals surface area contributed by atoms with Crippen LogP contribution >= 0.6 is 0 Å². The first-order valence-electron chi connectivity index (χ1n) is 4.46. The summed E-state index contributed by atoms with van der Waals surface area (Å²) in [5.41, 5.74) is -2.00. The lowest BCUT2D eigenvalue weighted by Crippen LogP contribution is -2.40. The fourth-order valence-electron chi connectivity index (χ4n) is 1.43. The number of fused-ring (bicyclic) bond motifs is 1. The second-order valence-corrected chi connectivity index (χ2v) is 3.41. The summed E-state index contributed by atoms with van der Waals surface area (Å²) in [7, 11) is 0. The van der Waals surface area contributed by atoms with Gasteiger partial charge >= 0.3 is 11.9 Å². The minimum absolute atomic E-state index is 0.0677. The molecule has 0 saturated heterocycles. The summed E-state index contributed by atoms with van der Waals surface area (Å²) in [5, 5.41) is 7.41. The molecule has 0 unspecified atom stereocenters. The van der Waals surface area contributed by atoms with Gasteiger partial charge in [-0.05, 0) is 18.2 Å². The summed E-state index contributed by atoms with van der Waals surface area (Å²) in [6.45, 7) is 0. The van der Waals surface area contributed by atoms with E-state index in [4.69, 9.17) is 11.3 Å². The fraction of sp³-hybridized carbons (Fsp3) is 0.111. The third kappa shape index (κ3) is 1.77. The van der Waals surface area contributed by atoms with Crippen LogP contribution in [0.15, 0.2) is 23.0 Å². The average molecular weight is 244 g/mol. The lowest BCUT2D eigenvalue weighted by Gasteiger charge is -2.08. The van der Waals surface area contributed by atoms with Crippen molar-refractivity contribution in [2.75, 3.05) is 5.84 Å². The maximum atomic E-state index is 12.5. The fourth-order valence-corrected chi connectivity index (χ4v) is 1.43. The molecular formula is C9H7F3N4O. The number of aromatic nitrogens is 2. The molecule has 1 aromatic heterocycles. The summed E-state index contributed by atoms with van der Waals surface area (Å²) in [5.74, 6) is 5.21. The van der Waals surface area contributed by atoms with E-state index in [0.29, 0.717) is 4.68 Å². The van der Waals surface area contributed by atoms with Crippen LogP contribution in [-0.2, 0) is 6.18 Å². The van der Waals surface area contributed by atoms with Crippen molar-refractivity contribution in [2.45, 2.75) is 6.18 Å². The molecule has 5 nitrogen and oxygen atoms in total. The molecule has 0 saturated carbocycles. The van der Waals surface area contributed by atoms with Crippen molar-refractivity contribution in [1.29, 1.82) is 5.41 Å². The van der Waals surface area contributed by atoms with Crippen LogP contribution in [0.3, 0.4) is 0 Å². The number of aromatic amines is 1. The van der Waals surface area contributed by atoms with Crippen LogP contribution in [-0.4, -0.2) is 9.66 Å². The number of halogens is 3.